The number of halogens is 1. The fraction of sp³-hybridized carbons (Fsp3) is 0.125. The zero-order chi connectivity index (χ0) is 25.4. The van der Waals surface area contributed by atoms with Crippen LogP contribution in [0.25, 0.3) is 0 Å². The highest BCUT2D eigenvalue weighted by Gasteiger charge is 2.17. The van der Waals surface area contributed by atoms with Gasteiger partial charge in [-0.1, -0.05) is 6.07 Å². The SMILES string of the molecule is CCOc1cc(/C=N\NC(=O)c2cccc([N+](=O)[O-])c2)cc(Br)c1OC(=O)c1ccc(OC)cc1. The monoisotopic (exact) mass is 541 g/mol. The van der Waals surface area contributed by atoms with Gasteiger partial charge in [-0.15, -0.1) is 0 Å². The Morgan fingerprint density at radius 1 is 1.11 bits per heavy atom. The predicted octanol–water partition coefficient (Wildman–Crippen LogP) is 4.75. The summed E-state index contributed by atoms with van der Waals surface area (Å²) in [6.07, 6.45) is 1.36. The number of methoxy groups -OCH3 is 1. The Kier molecular flexibility index (Phi) is 8.52. The third-order valence-corrected chi connectivity index (χ3v) is 5.14. The van der Waals surface area contributed by atoms with Crippen molar-refractivity contribution in [1.82, 2.24) is 5.43 Å². The van der Waals surface area contributed by atoms with Crippen molar-refractivity contribution in [3.05, 3.63) is 91.9 Å². The molecule has 0 aliphatic heterocycles. The molecule has 10 nitrogen and oxygen atoms in total. The lowest BCUT2D eigenvalue weighted by molar-refractivity contribution is -0.384. The van der Waals surface area contributed by atoms with E-state index in [9.17, 15) is 19.7 Å². The number of nitro benzene ring substituents is 1. The molecule has 11 heteroatoms. The topological polar surface area (TPSA) is 129 Å². The van der Waals surface area contributed by atoms with Crippen LogP contribution in [0, 0.1) is 10.1 Å². The van der Waals surface area contributed by atoms with Crippen LogP contribution in [-0.4, -0.2) is 36.7 Å². The number of amides is 1. The fourth-order valence-corrected chi connectivity index (χ4v) is 3.43. The van der Waals surface area contributed by atoms with Crippen LogP contribution in [-0.2, 0) is 0 Å². The zero-order valence-electron chi connectivity index (χ0n) is 18.7. The summed E-state index contributed by atoms with van der Waals surface area (Å²) < 4.78 is 16.7. The van der Waals surface area contributed by atoms with Gasteiger partial charge in [-0.05, 0) is 70.9 Å². The maximum Gasteiger partial charge on any atom is 0.343 e. The number of rotatable bonds is 9. The van der Waals surface area contributed by atoms with Crippen molar-refractivity contribution >= 4 is 39.7 Å². The highest BCUT2D eigenvalue weighted by atomic mass is 79.9. The van der Waals surface area contributed by atoms with Crippen molar-refractivity contribution in [2.45, 2.75) is 6.92 Å². The molecule has 0 spiro atoms. The van der Waals surface area contributed by atoms with Crippen LogP contribution in [0.15, 0.2) is 70.2 Å². The molecule has 0 atom stereocenters. The number of hydrogen-bond acceptors (Lipinski definition) is 8. The quantitative estimate of drug-likeness (QED) is 0.136. The minimum absolute atomic E-state index is 0.0910. The molecule has 0 unspecified atom stereocenters. The van der Waals surface area contributed by atoms with Gasteiger partial charge >= 0.3 is 5.97 Å². The molecule has 3 aromatic rings. The molecule has 3 aromatic carbocycles. The standard InChI is InChI=1S/C24H20BrN3O7/c1-3-34-21-12-15(14-26-27-23(29)17-5-4-6-18(13-17)28(31)32)11-20(25)22(21)35-24(30)16-7-9-19(33-2)10-8-16/h4-14H,3H2,1-2H3,(H,27,29)/b26-14-. The number of carbonyl (C=O) groups is 2. The molecule has 1 amide bonds. The second-order valence-corrected chi connectivity index (χ2v) is 7.74. The van der Waals surface area contributed by atoms with E-state index >= 15 is 0 Å². The summed E-state index contributed by atoms with van der Waals surface area (Å²) in [6, 6.07) is 15.0. The second kappa shape index (κ2) is 11.7. The first-order chi connectivity index (χ1) is 16.8. The number of nitrogens with zero attached hydrogens (tertiary/aromatic N) is 2. The molecule has 1 N–H and O–H groups in total. The Labute approximate surface area is 208 Å². The van der Waals surface area contributed by atoms with Crippen LogP contribution >= 0.6 is 15.9 Å². The van der Waals surface area contributed by atoms with E-state index in [1.807, 2.05) is 0 Å². The molecule has 0 saturated carbocycles. The first kappa shape index (κ1) is 25.4. The van der Waals surface area contributed by atoms with E-state index in [4.69, 9.17) is 14.2 Å². The third-order valence-electron chi connectivity index (χ3n) is 4.55. The lowest BCUT2D eigenvalue weighted by Crippen LogP contribution is -2.17. The Morgan fingerprint density at radius 3 is 2.51 bits per heavy atom. The van der Waals surface area contributed by atoms with Crippen LogP contribution in [0.5, 0.6) is 17.2 Å². The predicted molar refractivity (Wildman–Crippen MR) is 131 cm³/mol. The smallest absolute Gasteiger partial charge is 0.343 e. The van der Waals surface area contributed by atoms with Gasteiger partial charge in [-0.3, -0.25) is 14.9 Å². The van der Waals surface area contributed by atoms with Gasteiger partial charge in [-0.25, -0.2) is 10.2 Å². The van der Waals surface area contributed by atoms with Gasteiger partial charge < -0.3 is 14.2 Å². The first-order valence-electron chi connectivity index (χ1n) is 10.2. The molecule has 0 saturated heterocycles. The number of non-ortho nitro benzene ring substituents is 1. The van der Waals surface area contributed by atoms with E-state index in [1.54, 1.807) is 43.3 Å². The number of benzene rings is 3. The van der Waals surface area contributed by atoms with Crippen molar-refractivity contribution in [3.63, 3.8) is 0 Å². The fourth-order valence-electron chi connectivity index (χ4n) is 2.89. The van der Waals surface area contributed by atoms with Crippen molar-refractivity contribution in [1.29, 1.82) is 0 Å². The molecule has 0 radical (unpaired) electrons. The maximum atomic E-state index is 12.6. The normalized spacial score (nSPS) is 10.6. The first-order valence-corrected chi connectivity index (χ1v) is 11.0. The highest BCUT2D eigenvalue weighted by Crippen LogP contribution is 2.37. The van der Waals surface area contributed by atoms with Crippen molar-refractivity contribution in [2.24, 2.45) is 5.10 Å². The van der Waals surface area contributed by atoms with Crippen LogP contribution in [0.1, 0.15) is 33.2 Å². The summed E-state index contributed by atoms with van der Waals surface area (Å²) in [6.45, 7) is 2.09. The number of nitrogens with one attached hydrogen (secondary N) is 1. The number of hydrogen-bond donors (Lipinski definition) is 1. The Bertz CT molecular complexity index is 1280. The third kappa shape index (κ3) is 6.64. The van der Waals surface area contributed by atoms with E-state index in [-0.39, 0.29) is 22.7 Å². The van der Waals surface area contributed by atoms with E-state index < -0.39 is 16.8 Å². The van der Waals surface area contributed by atoms with E-state index in [0.29, 0.717) is 28.0 Å². The van der Waals surface area contributed by atoms with Gasteiger partial charge in [0.15, 0.2) is 11.5 Å². The average molecular weight is 542 g/mol. The summed E-state index contributed by atoms with van der Waals surface area (Å²) in [5.74, 6) is -0.112. The summed E-state index contributed by atoms with van der Waals surface area (Å²) in [5.41, 5.74) is 3.07. The van der Waals surface area contributed by atoms with E-state index in [2.05, 4.69) is 26.5 Å². The van der Waals surface area contributed by atoms with E-state index in [0.717, 1.165) is 6.07 Å². The van der Waals surface area contributed by atoms with Crippen molar-refractivity contribution < 1.29 is 28.7 Å². The van der Waals surface area contributed by atoms with Crippen LogP contribution < -0.4 is 19.6 Å². The number of hydrazone groups is 1. The summed E-state index contributed by atoms with van der Waals surface area (Å²) in [7, 11) is 1.53. The molecular formula is C24H20BrN3O7. The second-order valence-electron chi connectivity index (χ2n) is 6.89. The van der Waals surface area contributed by atoms with Gasteiger partial charge in [0.25, 0.3) is 11.6 Å². The lowest BCUT2D eigenvalue weighted by atomic mass is 10.2. The largest absolute Gasteiger partial charge is 0.497 e. The molecule has 0 aliphatic carbocycles. The van der Waals surface area contributed by atoms with Gasteiger partial charge in [0.2, 0.25) is 0 Å². The molecular weight excluding hydrogens is 522 g/mol. The molecule has 0 aliphatic rings. The van der Waals surface area contributed by atoms with Crippen LogP contribution in [0.3, 0.4) is 0 Å². The van der Waals surface area contributed by atoms with Crippen molar-refractivity contribution in [2.75, 3.05) is 13.7 Å². The Balaban J connectivity index is 1.76. The average Bonchev–Trinajstić information content (AvgIpc) is 2.86. The minimum Gasteiger partial charge on any atom is -0.497 e. The zero-order valence-corrected chi connectivity index (χ0v) is 20.3. The number of ether oxygens (including phenoxy) is 3. The molecule has 0 aromatic heterocycles. The Hall–Kier alpha value is -4.25. The van der Waals surface area contributed by atoms with Gasteiger partial charge in [0.05, 0.1) is 34.9 Å². The maximum absolute atomic E-state index is 12.6. The number of nitro groups is 1. The molecule has 0 fully saturated rings. The molecule has 0 heterocycles. The number of carbonyl (C=O) groups excluding carboxylic acids is 2. The van der Waals surface area contributed by atoms with Crippen LogP contribution in [0.2, 0.25) is 0 Å². The van der Waals surface area contributed by atoms with Crippen LogP contribution in [0.4, 0.5) is 5.69 Å². The minimum atomic E-state index is -0.612. The highest BCUT2D eigenvalue weighted by molar-refractivity contribution is 9.10. The summed E-state index contributed by atoms with van der Waals surface area (Å²) in [4.78, 5) is 35.1. The Morgan fingerprint density at radius 2 is 1.86 bits per heavy atom. The van der Waals surface area contributed by atoms with Gasteiger partial charge in [0.1, 0.15) is 5.75 Å². The number of esters is 1. The molecule has 0 bridgehead atoms. The van der Waals surface area contributed by atoms with Gasteiger partial charge in [-0.2, -0.15) is 5.10 Å². The molecule has 35 heavy (non-hydrogen) atoms. The van der Waals surface area contributed by atoms with Crippen molar-refractivity contribution in [3.8, 4) is 17.2 Å². The molecule has 3 rings (SSSR count). The molecule has 180 valence electrons. The lowest BCUT2D eigenvalue weighted by Gasteiger charge is -2.13. The summed E-state index contributed by atoms with van der Waals surface area (Å²) in [5, 5.41) is 14.8. The van der Waals surface area contributed by atoms with Gasteiger partial charge in [0, 0.05) is 17.7 Å². The van der Waals surface area contributed by atoms with E-state index in [1.165, 1.54) is 31.5 Å². The summed E-state index contributed by atoms with van der Waals surface area (Å²) >= 11 is 3.38.